The Kier molecular flexibility index (Phi) is 29.1. The van der Waals surface area contributed by atoms with E-state index in [-0.39, 0.29) is 75.5 Å². The second-order valence-electron chi connectivity index (χ2n) is 21.7. The quantitative estimate of drug-likeness (QED) is 0.0552. The van der Waals surface area contributed by atoms with Gasteiger partial charge in [-0.1, -0.05) is 106 Å². The summed E-state index contributed by atoms with van der Waals surface area (Å²) in [4.78, 5) is 71.1. The monoisotopic (exact) mass is 1360 g/mol. The van der Waals surface area contributed by atoms with E-state index in [0.29, 0.717) is 81.8 Å². The number of aryl methyl sites for hydroxylation is 1. The zero-order chi connectivity index (χ0) is 59.3. The largest absolute Gasteiger partial charge is 0.493 e. The SMILES string of the molecule is BrCCCBr.C.CCC[C@H]1N(C(=O)c2ncccc2C(F)(F)F)CCC[C@@]1(Oc1csc(C)c1)C(=O)N1CCC(O)(c2ccccc2OCCCC2(C(=O)O)CCC2)CC1.CCOC(=O)C1(CCCBr)CCC1.CCOC(=O)C1CCC1. The molecule has 4 heterocycles. The first-order valence-corrected chi connectivity index (χ1v) is 33.0. The average molecular weight is 1370 g/mol. The van der Waals surface area contributed by atoms with Crippen molar-refractivity contribution in [1.29, 1.82) is 0 Å². The molecule has 5 aliphatic rings. The lowest BCUT2D eigenvalue weighted by molar-refractivity contribution is -0.163. The van der Waals surface area contributed by atoms with Gasteiger partial charge < -0.3 is 39.0 Å². The summed E-state index contributed by atoms with van der Waals surface area (Å²) in [7, 11) is 0. The third-order valence-electron chi connectivity index (χ3n) is 16.3. The highest BCUT2D eigenvalue weighted by molar-refractivity contribution is 9.09. The number of aromatic nitrogens is 1. The van der Waals surface area contributed by atoms with Crippen LogP contribution < -0.4 is 9.47 Å². The minimum Gasteiger partial charge on any atom is -0.493 e. The van der Waals surface area contributed by atoms with Crippen molar-refractivity contribution in [2.75, 3.05) is 55.4 Å². The Morgan fingerprint density at radius 2 is 1.43 bits per heavy atom. The number of esters is 2. The molecule has 14 nitrogen and oxygen atoms in total. The number of amides is 2. The molecule has 2 aliphatic heterocycles. The first-order chi connectivity index (χ1) is 38.7. The molecule has 2 amide bonds. The molecule has 1 aromatic carbocycles. The van der Waals surface area contributed by atoms with Gasteiger partial charge >= 0.3 is 24.1 Å². The number of hydrogen-bond acceptors (Lipinski definition) is 12. The Labute approximate surface area is 513 Å². The van der Waals surface area contributed by atoms with Crippen molar-refractivity contribution < 1.29 is 66.3 Å². The fourth-order valence-electron chi connectivity index (χ4n) is 11.2. The average Bonchev–Trinajstić information content (AvgIpc) is 3.70. The minimum absolute atomic E-state index is 0. The van der Waals surface area contributed by atoms with Crippen molar-refractivity contribution in [3.63, 3.8) is 0 Å². The van der Waals surface area contributed by atoms with E-state index in [4.69, 9.17) is 18.9 Å². The molecule has 3 saturated carbocycles. The van der Waals surface area contributed by atoms with Crippen LogP contribution in [0.1, 0.15) is 183 Å². The number of para-hydroxylation sites is 1. The summed E-state index contributed by atoms with van der Waals surface area (Å²) < 4.78 is 64.9. The lowest BCUT2D eigenvalue weighted by Crippen LogP contribution is -2.68. The lowest BCUT2D eigenvalue weighted by atomic mass is 9.66. The molecule has 2 aromatic heterocycles. The number of aliphatic hydroxyl groups is 1. The Balaban J connectivity index is 0.000000420. The van der Waals surface area contributed by atoms with Crippen molar-refractivity contribution in [2.24, 2.45) is 16.7 Å². The molecule has 3 aromatic rings. The van der Waals surface area contributed by atoms with Crippen LogP contribution in [0.15, 0.2) is 54.0 Å². The number of alkyl halides is 6. The molecule has 82 heavy (non-hydrogen) atoms. The Morgan fingerprint density at radius 1 is 0.793 bits per heavy atom. The van der Waals surface area contributed by atoms with E-state index >= 15 is 0 Å². The third-order valence-corrected chi connectivity index (χ3v) is 18.8. The number of carbonyl (C=O) groups excluding carboxylic acids is 4. The molecule has 0 radical (unpaired) electrons. The molecule has 0 spiro atoms. The van der Waals surface area contributed by atoms with Crippen molar-refractivity contribution in [3.05, 3.63) is 75.7 Å². The van der Waals surface area contributed by atoms with Crippen molar-refractivity contribution in [3.8, 4) is 11.5 Å². The van der Waals surface area contributed by atoms with Crippen LogP contribution in [0.2, 0.25) is 0 Å². The maximum absolute atomic E-state index is 15.0. The van der Waals surface area contributed by atoms with Crippen LogP contribution in [0.25, 0.3) is 0 Å². The number of likely N-dealkylation sites (tertiary alicyclic amines) is 2. The Bertz CT molecular complexity index is 2480. The van der Waals surface area contributed by atoms with Gasteiger partial charge in [0.25, 0.3) is 11.8 Å². The number of rotatable bonds is 22. The number of benzene rings is 1. The first kappa shape index (κ1) is 70.7. The number of nitrogens with zero attached hydrogens (tertiary/aromatic N) is 3. The van der Waals surface area contributed by atoms with Crippen LogP contribution in [0.4, 0.5) is 13.2 Å². The maximum atomic E-state index is 15.0. The van der Waals surface area contributed by atoms with Gasteiger partial charge in [0.05, 0.1) is 53.8 Å². The summed E-state index contributed by atoms with van der Waals surface area (Å²) in [6.45, 7) is 9.28. The van der Waals surface area contributed by atoms with Crippen LogP contribution in [-0.4, -0.2) is 122 Å². The van der Waals surface area contributed by atoms with Crippen LogP contribution >= 0.6 is 59.1 Å². The van der Waals surface area contributed by atoms with Crippen molar-refractivity contribution in [1.82, 2.24) is 14.8 Å². The van der Waals surface area contributed by atoms with Crippen LogP contribution in [0, 0.1) is 23.7 Å². The van der Waals surface area contributed by atoms with Gasteiger partial charge in [-0.15, -0.1) is 11.3 Å². The maximum Gasteiger partial charge on any atom is 0.418 e. The van der Waals surface area contributed by atoms with E-state index in [1.165, 1.54) is 35.5 Å². The van der Waals surface area contributed by atoms with Gasteiger partial charge in [0, 0.05) is 64.1 Å². The topological polar surface area (TPSA) is 182 Å². The molecule has 3 aliphatic carbocycles. The minimum atomic E-state index is -4.81. The summed E-state index contributed by atoms with van der Waals surface area (Å²) in [6, 6.07) is 10.1. The number of ether oxygens (including phenoxy) is 4. The van der Waals surface area contributed by atoms with E-state index in [0.717, 1.165) is 84.1 Å². The van der Waals surface area contributed by atoms with E-state index in [1.54, 1.807) is 22.4 Å². The molecular weight excluding hydrogens is 1280 g/mol. The number of carbonyl (C=O) groups is 5. The molecule has 2 atom stereocenters. The van der Waals surface area contributed by atoms with Gasteiger partial charge in [-0.05, 0) is 141 Å². The van der Waals surface area contributed by atoms with Gasteiger partial charge in [-0.3, -0.25) is 29.0 Å². The highest BCUT2D eigenvalue weighted by Gasteiger charge is 2.57. The molecule has 0 bridgehead atoms. The van der Waals surface area contributed by atoms with Gasteiger partial charge in [-0.2, -0.15) is 13.2 Å². The summed E-state index contributed by atoms with van der Waals surface area (Å²) in [5, 5.41) is 26.7. The number of aliphatic carboxylic acids is 1. The third kappa shape index (κ3) is 18.4. The number of thiophene rings is 1. The summed E-state index contributed by atoms with van der Waals surface area (Å²) in [5.74, 6) is -0.826. The normalized spacial score (nSPS) is 20.3. The Hall–Kier alpha value is -3.79. The highest BCUT2D eigenvalue weighted by atomic mass is 79.9. The fraction of sp³-hybridized carbons (Fsp3) is 0.672. The second kappa shape index (κ2) is 33.8. The molecule has 460 valence electrons. The van der Waals surface area contributed by atoms with Gasteiger partial charge in [0.1, 0.15) is 17.2 Å². The molecule has 21 heteroatoms. The number of halogens is 6. The predicted octanol–water partition coefficient (Wildman–Crippen LogP) is 14.7. The van der Waals surface area contributed by atoms with Crippen LogP contribution in [-0.2, 0) is 40.4 Å². The number of hydrogen-bond donors (Lipinski definition) is 2. The smallest absolute Gasteiger partial charge is 0.418 e. The summed E-state index contributed by atoms with van der Waals surface area (Å²) >= 11 is 11.4. The van der Waals surface area contributed by atoms with Crippen LogP contribution in [0.5, 0.6) is 11.5 Å². The van der Waals surface area contributed by atoms with E-state index in [2.05, 4.69) is 52.8 Å². The molecular formula is C61H87Br3F3N3O11S. The van der Waals surface area contributed by atoms with Gasteiger partial charge in [0.2, 0.25) is 5.60 Å². The molecule has 2 N–H and O–H groups in total. The van der Waals surface area contributed by atoms with Crippen LogP contribution in [0.3, 0.4) is 0 Å². The molecule has 0 unspecified atom stereocenters. The van der Waals surface area contributed by atoms with E-state index in [9.17, 15) is 47.4 Å². The number of carboxylic acids is 1. The highest BCUT2D eigenvalue weighted by Crippen LogP contribution is 2.48. The predicted molar refractivity (Wildman–Crippen MR) is 324 cm³/mol. The number of carboxylic acid groups (broad SMARTS) is 1. The summed E-state index contributed by atoms with van der Waals surface area (Å²) in [6.07, 6.45) is 11.2. The van der Waals surface area contributed by atoms with E-state index in [1.807, 2.05) is 45.9 Å². The van der Waals surface area contributed by atoms with Crippen molar-refractivity contribution in [2.45, 2.75) is 187 Å². The number of piperidine rings is 2. The second-order valence-corrected chi connectivity index (χ2v) is 25.2. The Morgan fingerprint density at radius 3 is 1.94 bits per heavy atom. The zero-order valence-corrected chi connectivity index (χ0v) is 53.0. The van der Waals surface area contributed by atoms with Gasteiger partial charge in [0.15, 0.2) is 0 Å². The van der Waals surface area contributed by atoms with E-state index < -0.39 is 52.0 Å². The molecule has 5 fully saturated rings. The fourth-order valence-corrected chi connectivity index (χ4v) is 13.4. The molecule has 8 rings (SSSR count). The summed E-state index contributed by atoms with van der Waals surface area (Å²) in [5.41, 5.74) is -4.97. The standard InChI is InChI=1S/C40H48F3N3O7S.C10H17BrO2.C7H12O2.C3H6Br2.CH4/c1-3-10-32-39(53-28-25-27(2)54-26-28,17-8-21-46(32)34(47)33-30(40(41,42)43)12-6-20-44-33)35(48)45-22-18-38(51,19-23-45)29-11-4-5-13-31(29)52-24-9-16-37(36(49)50)14-7-15-37;1-2-13-9(12)10(5-3-6-10)7-4-8-11;1-2-9-7(8)6-4-3-5-6;4-2-1-3-5;/h4-6,11-13,20,25-26,32,51H,3,7-10,14-19,21-24H2,1-2H3,(H,49,50);2-8H2,1H3;6H,2-5H2,1H3;1-3H2;1H4/t32-,39+;;;;/m1..../s1. The zero-order valence-electron chi connectivity index (χ0n) is 47.4. The van der Waals surface area contributed by atoms with Crippen molar-refractivity contribution >= 4 is 88.8 Å². The lowest BCUT2D eigenvalue weighted by Gasteiger charge is -2.51. The number of pyridine rings is 1. The first-order valence-electron chi connectivity index (χ1n) is 28.8. The molecule has 2 saturated heterocycles. The van der Waals surface area contributed by atoms with Gasteiger partial charge in [-0.25, -0.2) is 0 Å².